The highest BCUT2D eigenvalue weighted by Crippen LogP contribution is 2.19. The molecule has 1 aromatic rings. The smallest absolute Gasteiger partial charge is 0.326 e. The van der Waals surface area contributed by atoms with Gasteiger partial charge < -0.3 is 15.2 Å². The third-order valence-electron chi connectivity index (χ3n) is 2.98. The van der Waals surface area contributed by atoms with Gasteiger partial charge >= 0.3 is 5.97 Å². The number of carboxylic acid groups (broad SMARTS) is 1. The number of ether oxygens (including phenoxy) is 1. The van der Waals surface area contributed by atoms with Gasteiger partial charge in [0.1, 0.15) is 11.8 Å². The van der Waals surface area contributed by atoms with E-state index < -0.39 is 17.9 Å². The summed E-state index contributed by atoms with van der Waals surface area (Å²) in [7, 11) is 1.53. The van der Waals surface area contributed by atoms with Crippen molar-refractivity contribution in [2.24, 2.45) is 5.92 Å². The number of aryl methyl sites for hydroxylation is 1. The monoisotopic (exact) mass is 279 g/mol. The number of amides is 1. The van der Waals surface area contributed by atoms with Gasteiger partial charge in [-0.15, -0.1) is 0 Å². The van der Waals surface area contributed by atoms with E-state index in [0.717, 1.165) is 5.56 Å². The molecule has 0 saturated heterocycles. The van der Waals surface area contributed by atoms with Crippen molar-refractivity contribution in [2.75, 3.05) is 7.11 Å². The molecule has 1 atom stereocenters. The van der Waals surface area contributed by atoms with E-state index in [0.29, 0.717) is 17.7 Å². The van der Waals surface area contributed by atoms with E-state index >= 15 is 0 Å². The van der Waals surface area contributed by atoms with Gasteiger partial charge in [-0.2, -0.15) is 0 Å². The summed E-state index contributed by atoms with van der Waals surface area (Å²) in [6, 6.07) is 4.15. The van der Waals surface area contributed by atoms with Crippen LogP contribution in [0.25, 0.3) is 0 Å². The van der Waals surface area contributed by atoms with Crippen LogP contribution in [0.3, 0.4) is 0 Å². The molecule has 1 amide bonds. The first-order valence-corrected chi connectivity index (χ1v) is 6.53. The highest BCUT2D eigenvalue weighted by atomic mass is 16.5. The number of aliphatic carboxylic acids is 1. The fourth-order valence-corrected chi connectivity index (χ4v) is 1.90. The molecule has 0 fully saturated rings. The Bertz CT molecular complexity index is 497. The molecule has 110 valence electrons. The maximum Gasteiger partial charge on any atom is 0.326 e. The van der Waals surface area contributed by atoms with Crippen LogP contribution in [0.15, 0.2) is 18.2 Å². The first-order valence-electron chi connectivity index (χ1n) is 6.53. The van der Waals surface area contributed by atoms with Gasteiger partial charge in [-0.1, -0.05) is 19.9 Å². The molecule has 1 aromatic carbocycles. The summed E-state index contributed by atoms with van der Waals surface area (Å²) < 4.78 is 5.16. The number of hydrogen-bond donors (Lipinski definition) is 2. The minimum atomic E-state index is -1.02. The number of hydrogen-bond acceptors (Lipinski definition) is 3. The van der Waals surface area contributed by atoms with Crippen LogP contribution >= 0.6 is 0 Å². The van der Waals surface area contributed by atoms with Crippen molar-refractivity contribution in [1.82, 2.24) is 5.32 Å². The molecule has 2 N–H and O–H groups in total. The second-order valence-electron chi connectivity index (χ2n) is 5.18. The van der Waals surface area contributed by atoms with Crippen LogP contribution in [0.2, 0.25) is 0 Å². The van der Waals surface area contributed by atoms with Gasteiger partial charge in [0.25, 0.3) is 5.91 Å². The Morgan fingerprint density at radius 2 is 2.00 bits per heavy atom. The summed E-state index contributed by atoms with van der Waals surface area (Å²) in [5.74, 6) is -0.639. The van der Waals surface area contributed by atoms with Gasteiger partial charge in [0.2, 0.25) is 0 Å². The van der Waals surface area contributed by atoms with Gasteiger partial charge in [-0.05, 0) is 37.0 Å². The van der Waals surface area contributed by atoms with E-state index in [4.69, 9.17) is 9.84 Å². The van der Waals surface area contributed by atoms with Crippen molar-refractivity contribution in [3.8, 4) is 5.75 Å². The highest BCUT2D eigenvalue weighted by molar-refractivity contribution is 5.97. The van der Waals surface area contributed by atoms with E-state index in [1.807, 2.05) is 20.8 Å². The van der Waals surface area contributed by atoms with Gasteiger partial charge in [0, 0.05) is 5.56 Å². The van der Waals surface area contributed by atoms with E-state index in [1.54, 1.807) is 18.2 Å². The van der Waals surface area contributed by atoms with Crippen LogP contribution in [0.1, 0.15) is 36.2 Å². The molecule has 0 saturated carbocycles. The van der Waals surface area contributed by atoms with E-state index in [9.17, 15) is 9.59 Å². The number of carbonyl (C=O) groups is 2. The summed E-state index contributed by atoms with van der Waals surface area (Å²) in [5, 5.41) is 11.7. The van der Waals surface area contributed by atoms with Crippen LogP contribution in [0, 0.1) is 12.8 Å². The standard InChI is InChI=1S/C15H21NO4/c1-9(2)7-12(15(18)19)16-14(17)11-6-5-10(3)13(8-11)20-4/h5-6,8-9,12H,7H2,1-4H3,(H,16,17)(H,18,19). The number of carbonyl (C=O) groups excluding carboxylic acids is 1. The van der Waals surface area contributed by atoms with E-state index in [-0.39, 0.29) is 5.92 Å². The summed E-state index contributed by atoms with van der Waals surface area (Å²) >= 11 is 0. The molecule has 0 aliphatic rings. The molecule has 5 nitrogen and oxygen atoms in total. The zero-order valence-corrected chi connectivity index (χ0v) is 12.3. The lowest BCUT2D eigenvalue weighted by molar-refractivity contribution is -0.139. The summed E-state index contributed by atoms with van der Waals surface area (Å²) in [6.45, 7) is 5.70. The number of carboxylic acids is 1. The molecule has 0 aliphatic heterocycles. The number of benzene rings is 1. The molecule has 0 aliphatic carbocycles. The van der Waals surface area contributed by atoms with Gasteiger partial charge in [-0.25, -0.2) is 4.79 Å². The van der Waals surface area contributed by atoms with Crippen molar-refractivity contribution in [3.63, 3.8) is 0 Å². The maximum absolute atomic E-state index is 12.1. The molecule has 0 spiro atoms. The Balaban J connectivity index is 2.86. The first kappa shape index (κ1) is 16.0. The fraction of sp³-hybridized carbons (Fsp3) is 0.467. The van der Waals surface area contributed by atoms with Crippen molar-refractivity contribution in [1.29, 1.82) is 0 Å². The minimum absolute atomic E-state index is 0.184. The maximum atomic E-state index is 12.1. The van der Waals surface area contributed by atoms with Crippen LogP contribution < -0.4 is 10.1 Å². The second kappa shape index (κ2) is 6.93. The van der Waals surface area contributed by atoms with Crippen LogP contribution in [0.5, 0.6) is 5.75 Å². The topological polar surface area (TPSA) is 75.6 Å². The SMILES string of the molecule is COc1cc(C(=O)NC(CC(C)C)C(=O)O)ccc1C. The Morgan fingerprint density at radius 1 is 1.35 bits per heavy atom. The molecule has 20 heavy (non-hydrogen) atoms. The first-order chi connectivity index (χ1) is 9.35. The highest BCUT2D eigenvalue weighted by Gasteiger charge is 2.22. The van der Waals surface area contributed by atoms with Crippen molar-refractivity contribution in [2.45, 2.75) is 33.2 Å². The van der Waals surface area contributed by atoms with E-state index in [2.05, 4.69) is 5.32 Å². The average molecular weight is 279 g/mol. The van der Waals surface area contributed by atoms with Crippen molar-refractivity contribution < 1.29 is 19.4 Å². The Morgan fingerprint density at radius 3 is 2.50 bits per heavy atom. The Kier molecular flexibility index (Phi) is 5.55. The molecular weight excluding hydrogens is 258 g/mol. The van der Waals surface area contributed by atoms with E-state index in [1.165, 1.54) is 7.11 Å². The molecule has 1 unspecified atom stereocenters. The number of methoxy groups -OCH3 is 1. The zero-order chi connectivity index (χ0) is 15.3. The summed E-state index contributed by atoms with van der Waals surface area (Å²) in [5.41, 5.74) is 1.31. The molecule has 0 radical (unpaired) electrons. The zero-order valence-electron chi connectivity index (χ0n) is 12.3. The molecule has 0 aromatic heterocycles. The lowest BCUT2D eigenvalue weighted by Crippen LogP contribution is -2.41. The van der Waals surface area contributed by atoms with Crippen molar-refractivity contribution >= 4 is 11.9 Å². The largest absolute Gasteiger partial charge is 0.496 e. The summed E-state index contributed by atoms with van der Waals surface area (Å²) in [6.07, 6.45) is 0.393. The fourth-order valence-electron chi connectivity index (χ4n) is 1.90. The summed E-state index contributed by atoms with van der Waals surface area (Å²) in [4.78, 5) is 23.2. The van der Waals surface area contributed by atoms with Crippen LogP contribution in [0.4, 0.5) is 0 Å². The predicted molar refractivity (Wildman–Crippen MR) is 76.1 cm³/mol. The lowest BCUT2D eigenvalue weighted by Gasteiger charge is -2.17. The number of nitrogens with one attached hydrogen (secondary N) is 1. The van der Waals surface area contributed by atoms with Gasteiger partial charge in [-0.3, -0.25) is 4.79 Å². The molecule has 5 heteroatoms. The van der Waals surface area contributed by atoms with Gasteiger partial charge in [0.15, 0.2) is 0 Å². The van der Waals surface area contributed by atoms with Crippen molar-refractivity contribution in [3.05, 3.63) is 29.3 Å². The predicted octanol–water partition coefficient (Wildman–Crippen LogP) is 2.23. The molecule has 0 heterocycles. The Hall–Kier alpha value is -2.04. The molecular formula is C15H21NO4. The third-order valence-corrected chi connectivity index (χ3v) is 2.98. The normalized spacial score (nSPS) is 12.1. The second-order valence-corrected chi connectivity index (χ2v) is 5.18. The quantitative estimate of drug-likeness (QED) is 0.837. The van der Waals surface area contributed by atoms with Crippen LogP contribution in [-0.2, 0) is 4.79 Å². The van der Waals surface area contributed by atoms with Crippen LogP contribution in [-0.4, -0.2) is 30.1 Å². The Labute approximate surface area is 118 Å². The third kappa shape index (κ3) is 4.26. The van der Waals surface area contributed by atoms with Gasteiger partial charge in [0.05, 0.1) is 7.11 Å². The average Bonchev–Trinajstić information content (AvgIpc) is 2.37. The number of rotatable bonds is 6. The minimum Gasteiger partial charge on any atom is -0.496 e. The molecule has 1 rings (SSSR count). The lowest BCUT2D eigenvalue weighted by atomic mass is 10.0. The molecule has 0 bridgehead atoms.